The number of rotatable bonds is 8. The van der Waals surface area contributed by atoms with Crippen LogP contribution in [0.2, 0.25) is 0 Å². The molecule has 0 radical (unpaired) electrons. The predicted molar refractivity (Wildman–Crippen MR) is 117 cm³/mol. The molecule has 0 saturated carbocycles. The summed E-state index contributed by atoms with van der Waals surface area (Å²) in [5.41, 5.74) is 1.05. The van der Waals surface area contributed by atoms with Crippen molar-refractivity contribution in [3.63, 3.8) is 0 Å². The van der Waals surface area contributed by atoms with Crippen LogP contribution < -0.4 is 4.90 Å². The highest BCUT2D eigenvalue weighted by atomic mass is 32.1. The zero-order chi connectivity index (χ0) is 20.8. The summed E-state index contributed by atoms with van der Waals surface area (Å²) in [7, 11) is 0. The fourth-order valence-electron chi connectivity index (χ4n) is 4.17. The predicted octanol–water partition coefficient (Wildman–Crippen LogP) is 3.35. The number of nitrogens with zero attached hydrogens (tertiary/aromatic N) is 3. The number of piperidine rings is 1. The monoisotopic (exact) mass is 425 g/mol. The number of amides is 1. The molecule has 1 aliphatic rings. The van der Waals surface area contributed by atoms with Gasteiger partial charge in [0.05, 0.1) is 11.4 Å². The molecule has 30 heavy (non-hydrogen) atoms. The lowest BCUT2D eigenvalue weighted by atomic mass is 10.0. The van der Waals surface area contributed by atoms with Crippen molar-refractivity contribution in [2.24, 2.45) is 0 Å². The van der Waals surface area contributed by atoms with Crippen LogP contribution >= 0.6 is 11.3 Å². The zero-order valence-corrected chi connectivity index (χ0v) is 18.2. The Kier molecular flexibility index (Phi) is 6.92. The normalized spacial score (nSPS) is 16.4. The van der Waals surface area contributed by atoms with E-state index in [-0.39, 0.29) is 11.9 Å². The third kappa shape index (κ3) is 4.79. The van der Waals surface area contributed by atoms with Crippen molar-refractivity contribution in [3.05, 3.63) is 59.3 Å². The molecule has 1 N–H and O–H groups in total. The third-order valence-electron chi connectivity index (χ3n) is 5.60. The Morgan fingerprint density at radius 2 is 1.93 bits per heavy atom. The van der Waals surface area contributed by atoms with Gasteiger partial charge in [-0.15, -0.1) is 21.5 Å². The van der Waals surface area contributed by atoms with Gasteiger partial charge in [0.2, 0.25) is 0 Å². The minimum atomic E-state index is -0.263. The van der Waals surface area contributed by atoms with Gasteiger partial charge in [0, 0.05) is 18.7 Å². The van der Waals surface area contributed by atoms with E-state index in [0.717, 1.165) is 54.2 Å². The van der Waals surface area contributed by atoms with Gasteiger partial charge in [0.1, 0.15) is 0 Å². The fourth-order valence-corrected chi connectivity index (χ4v) is 4.81. The zero-order valence-electron chi connectivity index (χ0n) is 17.4. The molecule has 1 unspecified atom stereocenters. The molecule has 1 amide bonds. The maximum atomic E-state index is 13.6. The van der Waals surface area contributed by atoms with Crippen molar-refractivity contribution in [2.75, 3.05) is 19.6 Å². The van der Waals surface area contributed by atoms with Crippen LogP contribution in [0.3, 0.4) is 0 Å². The minimum Gasteiger partial charge on any atom is -0.414 e. The summed E-state index contributed by atoms with van der Waals surface area (Å²) in [5.74, 6) is 1.34. The summed E-state index contributed by atoms with van der Waals surface area (Å²) in [6.45, 7) is 5.24. The van der Waals surface area contributed by atoms with E-state index in [4.69, 9.17) is 4.42 Å². The summed E-state index contributed by atoms with van der Waals surface area (Å²) in [6.07, 6.45) is 4.35. The second-order valence-corrected chi connectivity index (χ2v) is 8.74. The van der Waals surface area contributed by atoms with Crippen LogP contribution in [-0.4, -0.2) is 40.6 Å². The van der Waals surface area contributed by atoms with Crippen molar-refractivity contribution in [1.82, 2.24) is 15.1 Å². The molecular weight excluding hydrogens is 396 g/mol. The number of carbonyl (C=O) groups excluding carboxylic acids is 1. The number of thiophene rings is 1. The largest absolute Gasteiger partial charge is 0.414 e. The van der Waals surface area contributed by atoms with Crippen LogP contribution in [0.5, 0.6) is 0 Å². The molecular formula is C23H29N4O2S+. The van der Waals surface area contributed by atoms with E-state index >= 15 is 0 Å². The van der Waals surface area contributed by atoms with E-state index in [9.17, 15) is 4.79 Å². The Labute approximate surface area is 181 Å². The van der Waals surface area contributed by atoms with Gasteiger partial charge in [-0.25, -0.2) is 0 Å². The second kappa shape index (κ2) is 10.00. The number of benzene rings is 1. The van der Waals surface area contributed by atoms with E-state index in [0.29, 0.717) is 18.3 Å². The first-order valence-electron chi connectivity index (χ1n) is 10.8. The number of quaternary nitrogens is 1. The van der Waals surface area contributed by atoms with Crippen LogP contribution in [0, 0.1) is 0 Å². The van der Waals surface area contributed by atoms with Gasteiger partial charge >= 0.3 is 0 Å². The van der Waals surface area contributed by atoms with Crippen molar-refractivity contribution in [3.8, 4) is 10.8 Å². The van der Waals surface area contributed by atoms with Gasteiger partial charge < -0.3 is 14.2 Å². The molecule has 0 spiro atoms. The maximum Gasteiger partial charge on any atom is 0.285 e. The molecule has 1 aliphatic heterocycles. The van der Waals surface area contributed by atoms with E-state index < -0.39 is 0 Å². The average molecular weight is 426 g/mol. The highest BCUT2D eigenvalue weighted by Crippen LogP contribution is 2.23. The van der Waals surface area contributed by atoms with E-state index in [2.05, 4.69) is 29.3 Å². The first kappa shape index (κ1) is 20.8. The van der Waals surface area contributed by atoms with Gasteiger partial charge in [0.25, 0.3) is 17.7 Å². The molecule has 1 fully saturated rings. The Balaban J connectivity index is 1.61. The molecule has 4 rings (SSSR count). The lowest BCUT2D eigenvalue weighted by Gasteiger charge is -2.33. The molecule has 3 heterocycles. The molecule has 6 nitrogen and oxygen atoms in total. The number of hydrogen-bond acceptors (Lipinski definition) is 5. The van der Waals surface area contributed by atoms with Crippen LogP contribution in [-0.2, 0) is 11.3 Å². The third-order valence-corrected chi connectivity index (χ3v) is 6.46. The average Bonchev–Trinajstić information content (AvgIpc) is 3.47. The Hall–Kier alpha value is -2.51. The topological polar surface area (TPSA) is 63.7 Å². The maximum absolute atomic E-state index is 13.6. The quantitative estimate of drug-likeness (QED) is 0.601. The van der Waals surface area contributed by atoms with Crippen molar-refractivity contribution in [2.45, 2.75) is 45.2 Å². The minimum absolute atomic E-state index is 0.211. The summed E-state index contributed by atoms with van der Waals surface area (Å²) < 4.78 is 5.96. The summed E-state index contributed by atoms with van der Waals surface area (Å²) >= 11 is 1.58. The van der Waals surface area contributed by atoms with Crippen molar-refractivity contribution in [1.29, 1.82) is 0 Å². The lowest BCUT2D eigenvalue weighted by Crippen LogP contribution is -3.12. The number of hydrogen-bond donors (Lipinski definition) is 1. The second-order valence-electron chi connectivity index (χ2n) is 7.79. The van der Waals surface area contributed by atoms with Gasteiger partial charge in [-0.05, 0) is 37.1 Å². The van der Waals surface area contributed by atoms with Crippen LogP contribution in [0.4, 0.5) is 0 Å². The Morgan fingerprint density at radius 3 is 2.63 bits per heavy atom. The Bertz CT molecular complexity index is 920. The standard InChI is InChI=1S/C23H28N4O2S/c1-2-13-27(17-20-24-25-22(29-20)19-12-9-16-30-19)21(18-10-5-3-6-11-18)23(28)26-14-7-4-8-15-26/h3,5-6,9-12,16,21H,2,4,7-8,13-15,17H2,1H3/p+1/t21-/m1/s1. The first-order valence-corrected chi connectivity index (χ1v) is 11.7. The number of carbonyl (C=O) groups is 1. The highest BCUT2D eigenvalue weighted by Gasteiger charge is 2.36. The molecule has 3 aromatic rings. The number of aromatic nitrogens is 2. The number of nitrogens with one attached hydrogen (secondary N) is 1. The summed E-state index contributed by atoms with van der Waals surface area (Å²) in [4.78, 5) is 17.8. The van der Waals surface area contributed by atoms with Gasteiger partial charge in [0.15, 0.2) is 12.6 Å². The molecule has 0 aliphatic carbocycles. The number of likely N-dealkylation sites (tertiary alicyclic amines) is 1. The van der Waals surface area contributed by atoms with Gasteiger partial charge in [-0.3, -0.25) is 4.79 Å². The molecule has 1 aromatic carbocycles. The summed E-state index contributed by atoms with van der Waals surface area (Å²) in [5, 5.41) is 10.5. The van der Waals surface area contributed by atoms with Gasteiger partial charge in [-0.2, -0.15) is 0 Å². The van der Waals surface area contributed by atoms with Gasteiger partial charge in [-0.1, -0.05) is 43.3 Å². The molecule has 158 valence electrons. The molecule has 7 heteroatoms. The van der Waals surface area contributed by atoms with E-state index in [1.54, 1.807) is 11.3 Å². The van der Waals surface area contributed by atoms with E-state index in [1.165, 1.54) is 6.42 Å². The van der Waals surface area contributed by atoms with Crippen LogP contribution in [0.1, 0.15) is 50.1 Å². The highest BCUT2D eigenvalue weighted by molar-refractivity contribution is 7.13. The molecule has 1 saturated heterocycles. The molecule has 0 bridgehead atoms. The van der Waals surface area contributed by atoms with Crippen molar-refractivity contribution < 1.29 is 14.1 Å². The van der Waals surface area contributed by atoms with Crippen LogP contribution in [0.25, 0.3) is 10.8 Å². The fraction of sp³-hybridized carbons (Fsp3) is 0.435. The first-order chi connectivity index (χ1) is 14.8. The van der Waals surface area contributed by atoms with E-state index in [1.807, 2.05) is 40.6 Å². The SMILES string of the molecule is CCC[NH+](Cc1nnc(-c2cccs2)o1)[C@@H](C(=O)N1CCCCC1)c1ccccc1. The van der Waals surface area contributed by atoms with Crippen LogP contribution in [0.15, 0.2) is 52.3 Å². The lowest BCUT2D eigenvalue weighted by molar-refractivity contribution is -0.937. The molecule has 2 aromatic heterocycles. The smallest absolute Gasteiger partial charge is 0.285 e. The van der Waals surface area contributed by atoms with Crippen molar-refractivity contribution >= 4 is 17.2 Å². The summed E-state index contributed by atoms with van der Waals surface area (Å²) in [6, 6.07) is 13.8. The Morgan fingerprint density at radius 1 is 1.13 bits per heavy atom. The molecule has 2 atom stereocenters.